The number of carbonyl (C=O) groups is 3. The van der Waals surface area contributed by atoms with Gasteiger partial charge in [0.05, 0.1) is 26.4 Å². The van der Waals surface area contributed by atoms with E-state index in [2.05, 4.69) is 191 Å². The van der Waals surface area contributed by atoms with Gasteiger partial charge in [-0.2, -0.15) is 0 Å². The number of hydrogen-bond donors (Lipinski definition) is 4. The van der Waals surface area contributed by atoms with Crippen molar-refractivity contribution in [1.29, 1.82) is 0 Å². The zero-order valence-corrected chi connectivity index (χ0v) is 68.3. The van der Waals surface area contributed by atoms with Gasteiger partial charge >= 0.3 is 33.6 Å². The van der Waals surface area contributed by atoms with Crippen LogP contribution in [0.1, 0.15) is 303 Å². The average Bonchev–Trinajstić information content (AvgIpc) is 0.907. The van der Waals surface area contributed by atoms with Gasteiger partial charge in [0.25, 0.3) is 0 Å². The molecule has 0 heterocycles. The number of allylic oxidation sites excluding steroid dienone is 30. The van der Waals surface area contributed by atoms with Crippen LogP contribution in [0.2, 0.25) is 0 Å². The van der Waals surface area contributed by atoms with Crippen LogP contribution in [-0.2, 0) is 55.8 Å². The van der Waals surface area contributed by atoms with Gasteiger partial charge in [-0.1, -0.05) is 319 Å². The molecular formula is C89H146O16P2. The number of hydrogen-bond acceptors (Lipinski definition) is 14. The first-order chi connectivity index (χ1) is 52.2. The molecule has 5 unspecified atom stereocenters. The van der Waals surface area contributed by atoms with E-state index in [9.17, 15) is 43.5 Å². The first kappa shape index (κ1) is 102. The van der Waals surface area contributed by atoms with Gasteiger partial charge in [-0.25, -0.2) is 9.13 Å². The maximum absolute atomic E-state index is 13.0. The zero-order chi connectivity index (χ0) is 78.0. The van der Waals surface area contributed by atoms with Crippen LogP contribution in [0.5, 0.6) is 0 Å². The molecule has 0 aliphatic heterocycles. The van der Waals surface area contributed by atoms with Crippen molar-refractivity contribution in [3.05, 3.63) is 182 Å². The fraction of sp³-hybridized carbons (Fsp3) is 0.629. The van der Waals surface area contributed by atoms with E-state index in [-0.39, 0.29) is 19.3 Å². The van der Waals surface area contributed by atoms with Crippen molar-refractivity contribution in [2.24, 2.45) is 0 Å². The molecule has 0 fully saturated rings. The largest absolute Gasteiger partial charge is 0.472 e. The van der Waals surface area contributed by atoms with Crippen molar-refractivity contribution in [2.45, 2.75) is 322 Å². The molecule has 0 saturated heterocycles. The lowest BCUT2D eigenvalue weighted by Gasteiger charge is -2.21. The van der Waals surface area contributed by atoms with Crippen molar-refractivity contribution in [2.75, 3.05) is 39.6 Å². The summed E-state index contributed by atoms with van der Waals surface area (Å²) in [5, 5.41) is 20.7. The van der Waals surface area contributed by atoms with E-state index < -0.39 is 91.5 Å². The quantitative estimate of drug-likeness (QED) is 0.0146. The molecule has 0 amide bonds. The van der Waals surface area contributed by atoms with Crippen LogP contribution >= 0.6 is 15.6 Å². The Kier molecular flexibility index (Phi) is 76.2. The molecule has 0 aromatic heterocycles. The second-order valence-electron chi connectivity index (χ2n) is 26.8. The van der Waals surface area contributed by atoms with Crippen LogP contribution in [-0.4, -0.2) is 95.9 Å². The highest BCUT2D eigenvalue weighted by Crippen LogP contribution is 2.45. The first-order valence-electron chi connectivity index (χ1n) is 41.1. The maximum atomic E-state index is 13.0. The summed E-state index contributed by atoms with van der Waals surface area (Å²) in [5.41, 5.74) is 0. The predicted octanol–water partition coefficient (Wildman–Crippen LogP) is 24.5. The number of rotatable bonds is 76. The molecule has 18 heteroatoms. The molecule has 0 bridgehead atoms. The fourth-order valence-electron chi connectivity index (χ4n) is 10.5. The van der Waals surface area contributed by atoms with E-state index in [1.165, 1.54) is 89.9 Å². The molecule has 0 aromatic carbocycles. The molecule has 0 aliphatic carbocycles. The van der Waals surface area contributed by atoms with Gasteiger partial charge in [-0.15, -0.1) is 0 Å². The van der Waals surface area contributed by atoms with E-state index >= 15 is 0 Å². The van der Waals surface area contributed by atoms with Gasteiger partial charge in [0.15, 0.2) is 6.10 Å². The topological polar surface area (TPSA) is 231 Å². The van der Waals surface area contributed by atoms with E-state index in [1.807, 2.05) is 12.2 Å². The third-order valence-corrected chi connectivity index (χ3v) is 18.5. The lowest BCUT2D eigenvalue weighted by atomic mass is 10.0. The van der Waals surface area contributed by atoms with Crippen LogP contribution in [0, 0.1) is 0 Å². The standard InChI is InChI=1S/C89H146O16P2/c1-4-7-10-13-16-19-22-25-28-31-33-35-36-37-38-39-40-41-42-43-44-45-46-48-50-52-54-57-60-63-66-69-72-75-87(92)99-78-84(90)79-101-106(95,96)102-80-85(91)81-103-107(97,98)104-83-86(105-89(94)77-74-71-68-65-62-59-56-51-30-27-24-21-18-15-12-9-6-3)82-100-88(93)76-73-70-67-64-61-58-55-53-49-47-34-32-29-26-23-20-17-14-11-8-5-2/h7-12,16-21,25-30,33-35,37-38,47,53,55-56,59,65,68,84-86,90-91H,4-6,13-15,22-24,31-32,36,39-46,48-52,54,57-58,60-64,66-67,69-83H2,1-3H3,(H,95,96)(H,97,98)/b10-7-,11-8-,12-9-,19-16-,20-17-,21-18-,28-25-,29-26-,30-27-,35-33-,38-37-,47-34-,55-53-,59-56-,68-65-. The van der Waals surface area contributed by atoms with Crippen molar-refractivity contribution in [3.8, 4) is 0 Å². The highest BCUT2D eigenvalue weighted by atomic mass is 31.2. The zero-order valence-electron chi connectivity index (χ0n) is 66.5. The van der Waals surface area contributed by atoms with Crippen LogP contribution in [0.25, 0.3) is 0 Å². The molecule has 0 aliphatic rings. The summed E-state index contributed by atoms with van der Waals surface area (Å²) in [5.74, 6) is -1.67. The SMILES string of the molecule is CC/C=C\C/C=C\C/C=C\C/C=C\C/C=C\CCCCCCCCCCCCCCCCCCCC(=O)OCC(O)COP(=O)(O)OCC(O)COP(=O)(O)OCC(COC(=O)CCCCCCC/C=C\C/C=C\C/C=C\C/C=C\C/C=C\CC)OC(=O)CCC/C=C\C/C=C\C/C=C\C/C=C\C/C=C\CC. The summed E-state index contributed by atoms with van der Waals surface area (Å²) in [4.78, 5) is 58.7. The van der Waals surface area contributed by atoms with E-state index in [0.717, 1.165) is 148 Å². The van der Waals surface area contributed by atoms with Crippen LogP contribution < -0.4 is 0 Å². The minimum atomic E-state index is -4.96. The Hall–Kier alpha value is -5.35. The smallest absolute Gasteiger partial charge is 0.463 e. The highest BCUT2D eigenvalue weighted by molar-refractivity contribution is 7.47. The summed E-state index contributed by atoms with van der Waals surface area (Å²) in [7, 11) is -9.83. The molecule has 0 spiro atoms. The van der Waals surface area contributed by atoms with Crippen LogP contribution in [0.4, 0.5) is 0 Å². The van der Waals surface area contributed by atoms with Crippen LogP contribution in [0.15, 0.2) is 182 Å². The minimum Gasteiger partial charge on any atom is -0.463 e. The molecule has 0 saturated carbocycles. The molecule has 0 aromatic rings. The Morgan fingerprint density at radius 2 is 0.477 bits per heavy atom. The summed E-state index contributed by atoms with van der Waals surface area (Å²) in [6.45, 7) is 2.24. The van der Waals surface area contributed by atoms with Gasteiger partial charge in [0, 0.05) is 19.3 Å². The number of unbranched alkanes of at least 4 members (excludes halogenated alkanes) is 23. The number of ether oxygens (including phenoxy) is 3. The van der Waals surface area contributed by atoms with Crippen molar-refractivity contribution >= 4 is 33.6 Å². The van der Waals surface area contributed by atoms with Gasteiger partial charge in [-0.3, -0.25) is 32.5 Å². The molecule has 107 heavy (non-hydrogen) atoms. The van der Waals surface area contributed by atoms with E-state index in [0.29, 0.717) is 25.7 Å². The summed E-state index contributed by atoms with van der Waals surface area (Å²) in [6, 6.07) is 0. The summed E-state index contributed by atoms with van der Waals surface area (Å²) in [6.07, 6.45) is 104. The average molecular weight is 1530 g/mol. The van der Waals surface area contributed by atoms with E-state index in [1.54, 1.807) is 0 Å². The number of aliphatic hydroxyl groups is 2. The fourth-order valence-corrected chi connectivity index (χ4v) is 12.1. The van der Waals surface area contributed by atoms with E-state index in [4.69, 9.17) is 32.3 Å². The third-order valence-electron chi connectivity index (χ3n) is 16.6. The molecule has 4 N–H and O–H groups in total. The molecule has 0 rings (SSSR count). The van der Waals surface area contributed by atoms with Gasteiger partial charge in [0.1, 0.15) is 25.4 Å². The number of esters is 3. The Labute approximate surface area is 649 Å². The second-order valence-corrected chi connectivity index (χ2v) is 29.7. The molecule has 608 valence electrons. The van der Waals surface area contributed by atoms with Gasteiger partial charge < -0.3 is 34.2 Å². The van der Waals surface area contributed by atoms with Gasteiger partial charge in [-0.05, 0) is 148 Å². The summed E-state index contributed by atoms with van der Waals surface area (Å²) < 4.78 is 61.1. The monoisotopic (exact) mass is 1530 g/mol. The second kappa shape index (κ2) is 80.2. The Morgan fingerprint density at radius 1 is 0.262 bits per heavy atom. The molecule has 16 nitrogen and oxygen atoms in total. The Morgan fingerprint density at radius 3 is 0.766 bits per heavy atom. The minimum absolute atomic E-state index is 0.0154. The van der Waals surface area contributed by atoms with Crippen LogP contribution in [0.3, 0.4) is 0 Å². The lowest BCUT2D eigenvalue weighted by Crippen LogP contribution is -2.30. The number of phosphoric acid groups is 2. The molecule has 0 radical (unpaired) electrons. The van der Waals surface area contributed by atoms with Crippen molar-refractivity contribution in [1.82, 2.24) is 0 Å². The van der Waals surface area contributed by atoms with Gasteiger partial charge in [0.2, 0.25) is 0 Å². The highest BCUT2D eigenvalue weighted by Gasteiger charge is 2.29. The number of carbonyl (C=O) groups excluding carboxylic acids is 3. The van der Waals surface area contributed by atoms with Crippen molar-refractivity contribution < 1.29 is 75.8 Å². The summed E-state index contributed by atoms with van der Waals surface area (Å²) >= 11 is 0. The number of phosphoric ester groups is 2. The normalized spacial score (nSPS) is 14.9. The lowest BCUT2D eigenvalue weighted by molar-refractivity contribution is -0.161. The van der Waals surface area contributed by atoms with Crippen molar-refractivity contribution in [3.63, 3.8) is 0 Å². The third kappa shape index (κ3) is 81.5. The molecular weight excluding hydrogens is 1390 g/mol. The Balaban J connectivity index is 4.54. The number of aliphatic hydroxyl groups excluding tert-OH is 2. The Bertz CT molecular complexity index is 2670. The predicted molar refractivity (Wildman–Crippen MR) is 445 cm³/mol. The molecule has 5 atom stereocenters. The first-order valence-corrected chi connectivity index (χ1v) is 44.1. The maximum Gasteiger partial charge on any atom is 0.472 e.